The molecule has 0 atom stereocenters. The molecular weight excluding hydrogens is 326 g/mol. The van der Waals surface area contributed by atoms with Gasteiger partial charge in [0.1, 0.15) is 5.75 Å². The molecule has 3 rings (SSSR count). The number of methoxy groups -OCH3 is 1. The number of hydrogen-bond donors (Lipinski definition) is 0. The maximum absolute atomic E-state index is 5.79. The van der Waals surface area contributed by atoms with Gasteiger partial charge in [-0.2, -0.15) is 0 Å². The van der Waals surface area contributed by atoms with E-state index in [4.69, 9.17) is 9.15 Å². The van der Waals surface area contributed by atoms with Crippen LogP contribution in [-0.2, 0) is 13.0 Å². The first-order valence-electron chi connectivity index (χ1n) is 8.85. The van der Waals surface area contributed by atoms with Gasteiger partial charge in [0.05, 0.1) is 13.7 Å². The van der Waals surface area contributed by atoms with Gasteiger partial charge in [-0.3, -0.25) is 4.90 Å². The molecule has 0 N–H and O–H groups in total. The molecule has 0 aliphatic rings. The summed E-state index contributed by atoms with van der Waals surface area (Å²) >= 11 is 0. The third kappa shape index (κ3) is 4.92. The minimum Gasteiger partial charge on any atom is -0.497 e. The normalized spacial score (nSPS) is 11.1. The summed E-state index contributed by atoms with van der Waals surface area (Å²) in [5.41, 5.74) is 3.49. The van der Waals surface area contributed by atoms with E-state index < -0.39 is 0 Å². The van der Waals surface area contributed by atoms with Crippen LogP contribution in [0.3, 0.4) is 0 Å². The molecule has 136 valence electrons. The summed E-state index contributed by atoms with van der Waals surface area (Å²) in [6, 6.07) is 16.3. The third-order valence-corrected chi connectivity index (χ3v) is 4.33. The van der Waals surface area contributed by atoms with E-state index in [0.29, 0.717) is 18.3 Å². The summed E-state index contributed by atoms with van der Waals surface area (Å²) in [5.74, 6) is 2.12. The molecule has 0 saturated carbocycles. The second-order valence-corrected chi connectivity index (χ2v) is 6.56. The van der Waals surface area contributed by atoms with Gasteiger partial charge >= 0.3 is 0 Å². The van der Waals surface area contributed by atoms with Crippen molar-refractivity contribution < 1.29 is 9.15 Å². The van der Waals surface area contributed by atoms with E-state index >= 15 is 0 Å². The molecule has 0 saturated heterocycles. The maximum atomic E-state index is 5.79. The Morgan fingerprint density at radius 2 is 1.73 bits per heavy atom. The molecule has 3 aromatic rings. The molecule has 0 aliphatic heterocycles. The second kappa shape index (κ2) is 8.63. The van der Waals surface area contributed by atoms with Crippen molar-refractivity contribution in [3.05, 3.63) is 65.5 Å². The van der Waals surface area contributed by atoms with Crippen LogP contribution in [0.4, 0.5) is 0 Å². The molecule has 26 heavy (non-hydrogen) atoms. The highest BCUT2D eigenvalue weighted by Crippen LogP contribution is 2.19. The van der Waals surface area contributed by atoms with Crippen molar-refractivity contribution in [1.82, 2.24) is 15.1 Å². The first kappa shape index (κ1) is 18.1. The van der Waals surface area contributed by atoms with Crippen molar-refractivity contribution in [2.45, 2.75) is 26.3 Å². The Morgan fingerprint density at radius 3 is 2.42 bits per heavy atom. The summed E-state index contributed by atoms with van der Waals surface area (Å²) in [7, 11) is 3.76. The molecule has 1 aromatic heterocycles. The van der Waals surface area contributed by atoms with Crippen LogP contribution in [0.15, 0.2) is 52.9 Å². The molecule has 5 heteroatoms. The Bertz CT molecular complexity index is 810. The lowest BCUT2D eigenvalue weighted by atomic mass is 10.1. The highest BCUT2D eigenvalue weighted by atomic mass is 16.5. The number of ether oxygens (including phenoxy) is 1. The van der Waals surface area contributed by atoms with Gasteiger partial charge in [-0.1, -0.05) is 29.8 Å². The third-order valence-electron chi connectivity index (χ3n) is 4.33. The van der Waals surface area contributed by atoms with Gasteiger partial charge in [-0.05, 0) is 63.2 Å². The van der Waals surface area contributed by atoms with Gasteiger partial charge in [0.2, 0.25) is 11.8 Å². The van der Waals surface area contributed by atoms with Crippen LogP contribution in [0.25, 0.3) is 11.5 Å². The fraction of sp³-hybridized carbons (Fsp3) is 0.333. The molecule has 0 aliphatic carbocycles. The molecule has 1 heterocycles. The van der Waals surface area contributed by atoms with E-state index in [9.17, 15) is 0 Å². The predicted octanol–water partition coefficient (Wildman–Crippen LogP) is 4.12. The number of aromatic nitrogens is 2. The lowest BCUT2D eigenvalue weighted by Gasteiger charge is -2.14. The summed E-state index contributed by atoms with van der Waals surface area (Å²) in [4.78, 5) is 2.20. The summed E-state index contributed by atoms with van der Waals surface area (Å²) < 4.78 is 11.0. The van der Waals surface area contributed by atoms with Crippen molar-refractivity contribution in [3.8, 4) is 17.2 Å². The highest BCUT2D eigenvalue weighted by molar-refractivity contribution is 5.52. The van der Waals surface area contributed by atoms with Crippen LogP contribution in [0.2, 0.25) is 0 Å². The van der Waals surface area contributed by atoms with E-state index in [-0.39, 0.29) is 0 Å². The molecule has 0 bridgehead atoms. The molecule has 0 radical (unpaired) electrons. The van der Waals surface area contributed by atoms with E-state index in [1.165, 1.54) is 11.1 Å². The number of rotatable bonds is 8. The molecule has 5 nitrogen and oxygen atoms in total. The molecule has 0 amide bonds. The zero-order valence-corrected chi connectivity index (χ0v) is 15.6. The minimum absolute atomic E-state index is 0.576. The van der Waals surface area contributed by atoms with Crippen molar-refractivity contribution >= 4 is 0 Å². The van der Waals surface area contributed by atoms with Gasteiger partial charge in [0.15, 0.2) is 0 Å². The van der Waals surface area contributed by atoms with E-state index in [1.807, 2.05) is 36.4 Å². The Morgan fingerprint density at radius 1 is 1.00 bits per heavy atom. The predicted molar refractivity (Wildman–Crippen MR) is 102 cm³/mol. The Kier molecular flexibility index (Phi) is 6.02. The first-order chi connectivity index (χ1) is 12.6. The number of aryl methyl sites for hydroxylation is 2. The SMILES string of the molecule is COc1ccc(CCCN(C)Cc2nnc(-c3ccc(C)cc3)o2)cc1. The lowest BCUT2D eigenvalue weighted by Crippen LogP contribution is -2.19. The van der Waals surface area contributed by atoms with Gasteiger partial charge in [-0.15, -0.1) is 10.2 Å². The first-order valence-corrected chi connectivity index (χ1v) is 8.85. The van der Waals surface area contributed by atoms with E-state index in [1.54, 1.807) is 7.11 Å². The number of nitrogens with zero attached hydrogens (tertiary/aromatic N) is 3. The van der Waals surface area contributed by atoms with Crippen molar-refractivity contribution in [2.75, 3.05) is 20.7 Å². The van der Waals surface area contributed by atoms with E-state index in [0.717, 1.165) is 30.7 Å². The average molecular weight is 351 g/mol. The average Bonchev–Trinajstić information content (AvgIpc) is 3.11. The van der Waals surface area contributed by atoms with Gasteiger partial charge in [0.25, 0.3) is 0 Å². The standard InChI is InChI=1S/C21H25N3O2/c1-16-6-10-18(11-7-16)21-23-22-20(26-21)15-24(2)14-4-5-17-8-12-19(25-3)13-9-17/h6-13H,4-5,14-15H2,1-3H3. The molecular formula is C21H25N3O2. The second-order valence-electron chi connectivity index (χ2n) is 6.56. The quantitative estimate of drug-likeness (QED) is 0.611. The smallest absolute Gasteiger partial charge is 0.247 e. The van der Waals surface area contributed by atoms with E-state index in [2.05, 4.69) is 41.2 Å². The van der Waals surface area contributed by atoms with Crippen LogP contribution < -0.4 is 4.74 Å². The largest absolute Gasteiger partial charge is 0.497 e. The van der Waals surface area contributed by atoms with Crippen LogP contribution in [0.5, 0.6) is 5.75 Å². The lowest BCUT2D eigenvalue weighted by molar-refractivity contribution is 0.287. The number of hydrogen-bond acceptors (Lipinski definition) is 5. The fourth-order valence-corrected chi connectivity index (χ4v) is 2.79. The Balaban J connectivity index is 1.47. The van der Waals surface area contributed by atoms with Crippen LogP contribution in [-0.4, -0.2) is 35.8 Å². The molecule has 2 aromatic carbocycles. The van der Waals surface area contributed by atoms with Crippen LogP contribution >= 0.6 is 0 Å². The zero-order valence-electron chi connectivity index (χ0n) is 15.6. The topological polar surface area (TPSA) is 51.4 Å². The zero-order chi connectivity index (χ0) is 18.4. The Labute approximate surface area is 154 Å². The van der Waals surface area contributed by atoms with Crippen molar-refractivity contribution in [1.29, 1.82) is 0 Å². The maximum Gasteiger partial charge on any atom is 0.247 e. The summed E-state index contributed by atoms with van der Waals surface area (Å²) in [6.07, 6.45) is 2.11. The van der Waals surface area contributed by atoms with Crippen LogP contribution in [0, 0.1) is 6.92 Å². The fourth-order valence-electron chi connectivity index (χ4n) is 2.79. The summed E-state index contributed by atoms with van der Waals surface area (Å²) in [5, 5.41) is 8.33. The monoisotopic (exact) mass is 351 g/mol. The highest BCUT2D eigenvalue weighted by Gasteiger charge is 2.10. The van der Waals surface area contributed by atoms with Crippen molar-refractivity contribution in [2.24, 2.45) is 0 Å². The van der Waals surface area contributed by atoms with Gasteiger partial charge in [-0.25, -0.2) is 0 Å². The van der Waals surface area contributed by atoms with Crippen LogP contribution in [0.1, 0.15) is 23.4 Å². The molecule has 0 unspecified atom stereocenters. The number of benzene rings is 2. The van der Waals surface area contributed by atoms with Crippen molar-refractivity contribution in [3.63, 3.8) is 0 Å². The Hall–Kier alpha value is -2.66. The molecule has 0 spiro atoms. The van der Waals surface area contributed by atoms with Gasteiger partial charge in [0, 0.05) is 5.56 Å². The minimum atomic E-state index is 0.576. The summed E-state index contributed by atoms with van der Waals surface area (Å²) in [6.45, 7) is 3.68. The van der Waals surface area contributed by atoms with Gasteiger partial charge < -0.3 is 9.15 Å². The molecule has 0 fully saturated rings.